The zero-order chi connectivity index (χ0) is 13.9. The molecule has 0 spiro atoms. The monoisotopic (exact) mass is 259 g/mol. The highest BCUT2D eigenvalue weighted by atomic mass is 16.5. The Morgan fingerprint density at radius 1 is 1.22 bits per heavy atom. The fraction of sp³-hybridized carbons (Fsp3) is 1.00. The lowest BCUT2D eigenvalue weighted by Gasteiger charge is -2.25. The lowest BCUT2D eigenvalue weighted by Crippen LogP contribution is -2.42. The van der Waals surface area contributed by atoms with Gasteiger partial charge in [0.05, 0.1) is 5.60 Å². The summed E-state index contributed by atoms with van der Waals surface area (Å²) in [4.78, 5) is 0. The Hall–Kier alpha value is -0.120. The van der Waals surface area contributed by atoms with Crippen LogP contribution in [0.1, 0.15) is 65.7 Å². The van der Waals surface area contributed by atoms with Crippen LogP contribution >= 0.6 is 0 Å². The molecular formula is C15H33NO2. The summed E-state index contributed by atoms with van der Waals surface area (Å²) in [7, 11) is 1.67. The Bertz CT molecular complexity index is 183. The summed E-state index contributed by atoms with van der Waals surface area (Å²) < 4.78 is 5.00. The molecule has 0 radical (unpaired) electrons. The van der Waals surface area contributed by atoms with E-state index in [0.29, 0.717) is 25.6 Å². The summed E-state index contributed by atoms with van der Waals surface area (Å²) in [6, 6.07) is 0.487. The van der Waals surface area contributed by atoms with Crippen LogP contribution in [-0.2, 0) is 4.74 Å². The molecule has 2 atom stereocenters. The minimum atomic E-state index is -0.660. The second-order valence-electron chi connectivity index (χ2n) is 5.72. The van der Waals surface area contributed by atoms with Crippen LogP contribution in [0, 0.1) is 0 Å². The van der Waals surface area contributed by atoms with Gasteiger partial charge in [-0.3, -0.25) is 0 Å². The number of nitrogens with one attached hydrogen (secondary N) is 1. The molecule has 0 rings (SSSR count). The maximum absolute atomic E-state index is 10.1. The number of hydrogen-bond acceptors (Lipinski definition) is 3. The van der Waals surface area contributed by atoms with E-state index in [1.807, 2.05) is 6.92 Å². The van der Waals surface area contributed by atoms with Crippen molar-refractivity contribution < 1.29 is 9.84 Å². The molecular weight excluding hydrogens is 226 g/mol. The first-order chi connectivity index (χ1) is 8.52. The van der Waals surface area contributed by atoms with E-state index in [1.165, 1.54) is 38.5 Å². The Morgan fingerprint density at radius 3 is 2.50 bits per heavy atom. The van der Waals surface area contributed by atoms with Crippen molar-refractivity contribution in [3.05, 3.63) is 0 Å². The highest BCUT2D eigenvalue weighted by molar-refractivity contribution is 4.77. The summed E-state index contributed by atoms with van der Waals surface area (Å²) in [5, 5.41) is 13.5. The zero-order valence-corrected chi connectivity index (χ0v) is 12.8. The van der Waals surface area contributed by atoms with Gasteiger partial charge < -0.3 is 15.2 Å². The molecule has 0 aliphatic carbocycles. The first-order valence-electron chi connectivity index (χ1n) is 7.46. The average Bonchev–Trinajstić information content (AvgIpc) is 2.34. The maximum atomic E-state index is 10.1. The van der Waals surface area contributed by atoms with E-state index in [4.69, 9.17) is 4.74 Å². The van der Waals surface area contributed by atoms with Crippen molar-refractivity contribution in [3.8, 4) is 0 Å². The number of hydrogen-bond donors (Lipinski definition) is 2. The normalized spacial score (nSPS) is 16.5. The number of methoxy groups -OCH3 is 1. The third kappa shape index (κ3) is 11.0. The second kappa shape index (κ2) is 10.8. The second-order valence-corrected chi connectivity index (χ2v) is 5.72. The summed E-state index contributed by atoms with van der Waals surface area (Å²) in [5.74, 6) is 0. The van der Waals surface area contributed by atoms with E-state index < -0.39 is 5.60 Å². The van der Waals surface area contributed by atoms with E-state index >= 15 is 0 Å². The van der Waals surface area contributed by atoms with E-state index in [-0.39, 0.29) is 0 Å². The van der Waals surface area contributed by atoms with E-state index in [1.54, 1.807) is 7.11 Å². The first kappa shape index (κ1) is 17.9. The van der Waals surface area contributed by atoms with E-state index in [9.17, 15) is 5.11 Å². The van der Waals surface area contributed by atoms with Crippen LogP contribution in [0.2, 0.25) is 0 Å². The van der Waals surface area contributed by atoms with E-state index in [0.717, 1.165) is 0 Å². The molecule has 0 bridgehead atoms. The summed E-state index contributed by atoms with van der Waals surface area (Å²) >= 11 is 0. The standard InChI is InChI=1S/C15H33NO2/c1-5-6-7-8-9-10-14(2)16-13-15(3,17)11-12-18-4/h14,16-17H,5-13H2,1-4H3. The zero-order valence-electron chi connectivity index (χ0n) is 12.8. The summed E-state index contributed by atoms with van der Waals surface area (Å²) in [5.41, 5.74) is -0.660. The molecule has 0 amide bonds. The molecule has 0 aliphatic heterocycles. The molecule has 0 fully saturated rings. The van der Waals surface area contributed by atoms with Crippen molar-refractivity contribution in [2.24, 2.45) is 0 Å². The molecule has 0 heterocycles. The van der Waals surface area contributed by atoms with Crippen molar-refractivity contribution >= 4 is 0 Å². The fourth-order valence-corrected chi connectivity index (χ4v) is 1.96. The van der Waals surface area contributed by atoms with Crippen molar-refractivity contribution in [3.63, 3.8) is 0 Å². The first-order valence-corrected chi connectivity index (χ1v) is 7.46. The lowest BCUT2D eigenvalue weighted by atomic mass is 10.0. The minimum absolute atomic E-state index is 0.487. The van der Waals surface area contributed by atoms with Gasteiger partial charge in [-0.1, -0.05) is 39.0 Å². The number of aliphatic hydroxyl groups is 1. The minimum Gasteiger partial charge on any atom is -0.389 e. The predicted molar refractivity (Wildman–Crippen MR) is 78.0 cm³/mol. The molecule has 3 nitrogen and oxygen atoms in total. The van der Waals surface area contributed by atoms with Gasteiger partial charge >= 0.3 is 0 Å². The maximum Gasteiger partial charge on any atom is 0.0765 e. The lowest BCUT2D eigenvalue weighted by molar-refractivity contribution is 0.0229. The Labute approximate surface area is 113 Å². The third-order valence-electron chi connectivity index (χ3n) is 3.42. The Kier molecular flexibility index (Phi) is 10.7. The van der Waals surface area contributed by atoms with Gasteiger partial charge in [0.25, 0.3) is 0 Å². The summed E-state index contributed by atoms with van der Waals surface area (Å²) in [6.45, 7) is 7.57. The van der Waals surface area contributed by atoms with E-state index in [2.05, 4.69) is 19.2 Å². The highest BCUT2D eigenvalue weighted by Gasteiger charge is 2.20. The van der Waals surface area contributed by atoms with Crippen LogP contribution in [0.25, 0.3) is 0 Å². The van der Waals surface area contributed by atoms with Gasteiger partial charge in [-0.2, -0.15) is 0 Å². The highest BCUT2D eigenvalue weighted by Crippen LogP contribution is 2.10. The topological polar surface area (TPSA) is 41.5 Å². The van der Waals surface area contributed by atoms with Crippen LogP contribution in [0.5, 0.6) is 0 Å². The Balaban J connectivity index is 3.53. The summed E-state index contributed by atoms with van der Waals surface area (Å²) in [6.07, 6.45) is 8.51. The van der Waals surface area contributed by atoms with Gasteiger partial charge in [0, 0.05) is 32.7 Å². The van der Waals surface area contributed by atoms with Crippen molar-refractivity contribution in [1.29, 1.82) is 0 Å². The molecule has 0 aromatic rings. The SMILES string of the molecule is CCCCCCCC(C)NCC(C)(O)CCOC. The third-order valence-corrected chi connectivity index (χ3v) is 3.42. The molecule has 0 saturated heterocycles. The largest absolute Gasteiger partial charge is 0.389 e. The predicted octanol–water partition coefficient (Wildman–Crippen LogP) is 3.11. The molecule has 2 unspecified atom stereocenters. The smallest absolute Gasteiger partial charge is 0.0765 e. The molecule has 3 heteroatoms. The molecule has 2 N–H and O–H groups in total. The van der Waals surface area contributed by atoms with Crippen LogP contribution in [0.3, 0.4) is 0 Å². The van der Waals surface area contributed by atoms with Gasteiger partial charge in [-0.25, -0.2) is 0 Å². The molecule has 0 aromatic heterocycles. The van der Waals surface area contributed by atoms with Gasteiger partial charge in [-0.05, 0) is 20.3 Å². The van der Waals surface area contributed by atoms with Crippen LogP contribution < -0.4 is 5.32 Å². The van der Waals surface area contributed by atoms with Crippen molar-refractivity contribution in [2.75, 3.05) is 20.3 Å². The number of rotatable bonds is 12. The number of unbranched alkanes of at least 4 members (excludes halogenated alkanes) is 4. The molecule has 0 aliphatic rings. The Morgan fingerprint density at radius 2 is 1.89 bits per heavy atom. The quantitative estimate of drug-likeness (QED) is 0.529. The van der Waals surface area contributed by atoms with Gasteiger partial charge in [0.15, 0.2) is 0 Å². The van der Waals surface area contributed by atoms with Crippen molar-refractivity contribution in [1.82, 2.24) is 5.32 Å². The van der Waals surface area contributed by atoms with Gasteiger partial charge in [0.2, 0.25) is 0 Å². The molecule has 0 saturated carbocycles. The van der Waals surface area contributed by atoms with Gasteiger partial charge in [-0.15, -0.1) is 0 Å². The van der Waals surface area contributed by atoms with Gasteiger partial charge in [0.1, 0.15) is 0 Å². The van der Waals surface area contributed by atoms with Crippen LogP contribution in [0.4, 0.5) is 0 Å². The number of ether oxygens (including phenoxy) is 1. The van der Waals surface area contributed by atoms with Crippen molar-refractivity contribution in [2.45, 2.75) is 77.4 Å². The van der Waals surface area contributed by atoms with Crippen LogP contribution in [0.15, 0.2) is 0 Å². The van der Waals surface area contributed by atoms with Crippen LogP contribution in [-0.4, -0.2) is 37.0 Å². The fourth-order valence-electron chi connectivity index (χ4n) is 1.96. The molecule has 110 valence electrons. The molecule has 0 aromatic carbocycles. The average molecular weight is 259 g/mol. The molecule has 18 heavy (non-hydrogen) atoms.